The van der Waals surface area contributed by atoms with E-state index in [9.17, 15) is 14.4 Å². The number of amides is 4. The largest absolute Gasteiger partial charge is 0.394 e. The minimum absolute atomic E-state index is 0.0112. The zero-order valence-electron chi connectivity index (χ0n) is 9.60. The van der Waals surface area contributed by atoms with Crippen LogP contribution in [0, 0.1) is 0 Å². The molecule has 1 aliphatic carbocycles. The molecule has 1 saturated carbocycles. The third-order valence-corrected chi connectivity index (χ3v) is 3.09. The van der Waals surface area contributed by atoms with Crippen molar-refractivity contribution in [2.75, 3.05) is 26.7 Å². The van der Waals surface area contributed by atoms with Gasteiger partial charge in [0.25, 0.3) is 5.91 Å². The monoisotopic (exact) mass is 241 g/mol. The second-order valence-corrected chi connectivity index (χ2v) is 4.61. The maximum Gasteiger partial charge on any atom is 0.327 e. The highest BCUT2D eigenvalue weighted by molar-refractivity contribution is 6.04. The summed E-state index contributed by atoms with van der Waals surface area (Å²) in [7, 11) is 1.51. The Morgan fingerprint density at radius 3 is 2.53 bits per heavy atom. The van der Waals surface area contributed by atoms with Crippen LogP contribution < -0.4 is 5.32 Å². The van der Waals surface area contributed by atoms with Crippen LogP contribution in [0.4, 0.5) is 4.79 Å². The SMILES string of the molecule is CN1CC(=O)N(CC(=O)NC2(CO)CC2)C1=O. The molecule has 0 aromatic carbocycles. The number of rotatable bonds is 4. The predicted octanol–water partition coefficient (Wildman–Crippen LogP) is -1.48. The van der Waals surface area contributed by atoms with Crippen LogP contribution in [0.3, 0.4) is 0 Å². The fourth-order valence-corrected chi connectivity index (χ4v) is 1.78. The summed E-state index contributed by atoms with van der Waals surface area (Å²) < 4.78 is 0. The summed E-state index contributed by atoms with van der Waals surface area (Å²) in [6, 6.07) is -0.459. The van der Waals surface area contributed by atoms with Gasteiger partial charge in [-0.2, -0.15) is 0 Å². The molecule has 7 heteroatoms. The molecule has 0 bridgehead atoms. The van der Waals surface area contributed by atoms with E-state index in [4.69, 9.17) is 5.11 Å². The summed E-state index contributed by atoms with van der Waals surface area (Å²) in [5.74, 6) is -0.782. The first-order chi connectivity index (χ1) is 7.97. The van der Waals surface area contributed by atoms with Crippen LogP contribution >= 0.6 is 0 Å². The number of likely N-dealkylation sites (N-methyl/N-ethyl adjacent to an activating group) is 1. The van der Waals surface area contributed by atoms with Gasteiger partial charge in [0.2, 0.25) is 5.91 Å². The van der Waals surface area contributed by atoms with Crippen LogP contribution in [0.2, 0.25) is 0 Å². The van der Waals surface area contributed by atoms with Crippen molar-refractivity contribution in [3.8, 4) is 0 Å². The standard InChI is InChI=1S/C10H15N3O4/c1-12-5-8(16)13(9(12)17)4-7(15)11-10(6-14)2-3-10/h14H,2-6H2,1H3,(H,11,15). The van der Waals surface area contributed by atoms with Gasteiger partial charge in [0, 0.05) is 7.05 Å². The number of nitrogens with one attached hydrogen (secondary N) is 1. The molecule has 2 rings (SSSR count). The van der Waals surface area contributed by atoms with Crippen LogP contribution in [0.25, 0.3) is 0 Å². The summed E-state index contributed by atoms with van der Waals surface area (Å²) in [6.45, 7) is -0.373. The summed E-state index contributed by atoms with van der Waals surface area (Å²) >= 11 is 0. The highest BCUT2D eigenvalue weighted by atomic mass is 16.3. The van der Waals surface area contributed by atoms with E-state index < -0.39 is 17.5 Å². The summed E-state index contributed by atoms with van der Waals surface area (Å²) in [6.07, 6.45) is 1.47. The Hall–Kier alpha value is -1.63. The molecule has 0 spiro atoms. The van der Waals surface area contributed by atoms with Crippen LogP contribution in [0.1, 0.15) is 12.8 Å². The van der Waals surface area contributed by atoms with Crippen molar-refractivity contribution in [2.45, 2.75) is 18.4 Å². The fraction of sp³-hybridized carbons (Fsp3) is 0.700. The normalized spacial score (nSPS) is 22.0. The van der Waals surface area contributed by atoms with E-state index in [1.807, 2.05) is 0 Å². The van der Waals surface area contributed by atoms with Gasteiger partial charge in [-0.25, -0.2) is 4.79 Å². The van der Waals surface area contributed by atoms with E-state index in [0.29, 0.717) is 0 Å². The maximum absolute atomic E-state index is 11.6. The Labute approximate surface area is 98.4 Å². The average Bonchev–Trinajstić information content (AvgIpc) is 3.00. The first-order valence-corrected chi connectivity index (χ1v) is 5.45. The zero-order chi connectivity index (χ0) is 12.6. The van der Waals surface area contributed by atoms with Gasteiger partial charge in [0.05, 0.1) is 12.1 Å². The molecular formula is C10H15N3O4. The Bertz CT molecular complexity index is 378. The lowest BCUT2D eigenvalue weighted by Gasteiger charge is -2.17. The highest BCUT2D eigenvalue weighted by Gasteiger charge is 2.44. The van der Waals surface area contributed by atoms with E-state index in [-0.39, 0.29) is 25.6 Å². The van der Waals surface area contributed by atoms with Gasteiger partial charge in [-0.05, 0) is 12.8 Å². The van der Waals surface area contributed by atoms with Crippen molar-refractivity contribution in [2.24, 2.45) is 0 Å². The Balaban J connectivity index is 1.91. The van der Waals surface area contributed by atoms with Crippen molar-refractivity contribution in [1.29, 1.82) is 0 Å². The number of carbonyl (C=O) groups excluding carboxylic acids is 3. The lowest BCUT2D eigenvalue weighted by molar-refractivity contribution is -0.131. The van der Waals surface area contributed by atoms with Gasteiger partial charge >= 0.3 is 6.03 Å². The molecule has 0 unspecified atom stereocenters. The van der Waals surface area contributed by atoms with E-state index in [2.05, 4.69) is 5.32 Å². The van der Waals surface area contributed by atoms with Crippen molar-refractivity contribution in [3.63, 3.8) is 0 Å². The third-order valence-electron chi connectivity index (χ3n) is 3.09. The summed E-state index contributed by atoms with van der Waals surface area (Å²) in [4.78, 5) is 36.7. The van der Waals surface area contributed by atoms with E-state index >= 15 is 0 Å². The number of carbonyl (C=O) groups is 3. The number of imide groups is 1. The average molecular weight is 241 g/mol. The highest BCUT2D eigenvalue weighted by Crippen LogP contribution is 2.34. The molecule has 0 atom stereocenters. The van der Waals surface area contributed by atoms with Gasteiger partial charge in [-0.3, -0.25) is 14.5 Å². The quantitative estimate of drug-likeness (QED) is 0.587. The molecule has 1 heterocycles. The minimum Gasteiger partial charge on any atom is -0.394 e. The van der Waals surface area contributed by atoms with Crippen molar-refractivity contribution < 1.29 is 19.5 Å². The van der Waals surface area contributed by atoms with Crippen LogP contribution in [-0.4, -0.2) is 65.0 Å². The number of hydrogen-bond donors (Lipinski definition) is 2. The van der Waals surface area contributed by atoms with Crippen LogP contribution in [0.15, 0.2) is 0 Å². The van der Waals surface area contributed by atoms with Gasteiger partial charge < -0.3 is 15.3 Å². The number of urea groups is 1. The maximum atomic E-state index is 11.6. The van der Waals surface area contributed by atoms with Gasteiger partial charge in [0.1, 0.15) is 13.1 Å². The Morgan fingerprint density at radius 2 is 2.12 bits per heavy atom. The molecule has 1 saturated heterocycles. The molecule has 1 aliphatic heterocycles. The molecule has 94 valence electrons. The van der Waals surface area contributed by atoms with Crippen LogP contribution in [-0.2, 0) is 9.59 Å². The Morgan fingerprint density at radius 1 is 1.47 bits per heavy atom. The molecule has 7 nitrogen and oxygen atoms in total. The predicted molar refractivity (Wildman–Crippen MR) is 56.9 cm³/mol. The zero-order valence-corrected chi connectivity index (χ0v) is 9.60. The first-order valence-electron chi connectivity index (χ1n) is 5.45. The summed E-state index contributed by atoms with van der Waals surface area (Å²) in [5.41, 5.74) is -0.519. The van der Waals surface area contributed by atoms with Crippen molar-refractivity contribution in [3.05, 3.63) is 0 Å². The van der Waals surface area contributed by atoms with Gasteiger partial charge in [-0.1, -0.05) is 0 Å². The Kier molecular flexibility index (Phi) is 2.78. The molecule has 2 fully saturated rings. The van der Waals surface area contributed by atoms with E-state index in [1.165, 1.54) is 11.9 Å². The van der Waals surface area contributed by atoms with Gasteiger partial charge in [0.15, 0.2) is 0 Å². The van der Waals surface area contributed by atoms with E-state index in [1.54, 1.807) is 0 Å². The van der Waals surface area contributed by atoms with Crippen molar-refractivity contribution >= 4 is 17.8 Å². The second kappa shape index (κ2) is 3.99. The molecule has 4 amide bonds. The number of hydrogen-bond acceptors (Lipinski definition) is 4. The molecule has 0 radical (unpaired) electrons. The number of nitrogens with zero attached hydrogens (tertiary/aromatic N) is 2. The van der Waals surface area contributed by atoms with E-state index in [0.717, 1.165) is 17.7 Å². The fourth-order valence-electron chi connectivity index (χ4n) is 1.78. The molecule has 0 aromatic rings. The minimum atomic E-state index is -0.519. The molecule has 17 heavy (non-hydrogen) atoms. The molecule has 2 N–H and O–H groups in total. The smallest absolute Gasteiger partial charge is 0.327 e. The first kappa shape index (κ1) is 11.8. The van der Waals surface area contributed by atoms with Crippen molar-refractivity contribution in [1.82, 2.24) is 15.1 Å². The lowest BCUT2D eigenvalue weighted by Crippen LogP contribution is -2.46. The number of aliphatic hydroxyl groups is 1. The molecular weight excluding hydrogens is 226 g/mol. The second-order valence-electron chi connectivity index (χ2n) is 4.61. The lowest BCUT2D eigenvalue weighted by atomic mass is 10.3. The van der Waals surface area contributed by atoms with Gasteiger partial charge in [-0.15, -0.1) is 0 Å². The topological polar surface area (TPSA) is 90.0 Å². The molecule has 2 aliphatic rings. The van der Waals surface area contributed by atoms with Crippen LogP contribution in [0.5, 0.6) is 0 Å². The molecule has 0 aromatic heterocycles. The third kappa shape index (κ3) is 2.23. The summed E-state index contributed by atoms with van der Waals surface area (Å²) in [5, 5.41) is 11.7. The number of aliphatic hydroxyl groups excluding tert-OH is 1.